The van der Waals surface area contributed by atoms with Crippen LogP contribution in [0.5, 0.6) is 0 Å². The molecule has 8 heteroatoms. The van der Waals surface area contributed by atoms with E-state index in [9.17, 15) is 14.4 Å². The average Bonchev–Trinajstić information content (AvgIpc) is 3.23. The van der Waals surface area contributed by atoms with Crippen LogP contribution in [0.4, 0.5) is 0 Å². The molecule has 2 fully saturated rings. The number of amides is 3. The molecule has 2 heterocycles. The van der Waals surface area contributed by atoms with E-state index in [0.29, 0.717) is 42.1 Å². The summed E-state index contributed by atoms with van der Waals surface area (Å²) >= 11 is 5.96. The van der Waals surface area contributed by atoms with E-state index >= 15 is 0 Å². The number of nitrogens with one attached hydrogen (secondary N) is 1. The van der Waals surface area contributed by atoms with Gasteiger partial charge in [-0.15, -0.1) is 0 Å². The van der Waals surface area contributed by atoms with Crippen molar-refractivity contribution in [3.05, 3.63) is 70.2 Å². The van der Waals surface area contributed by atoms with Crippen LogP contribution in [0.3, 0.4) is 0 Å². The third-order valence-electron chi connectivity index (χ3n) is 7.08. The Morgan fingerprint density at radius 3 is 2.37 bits per heavy atom. The minimum Gasteiger partial charge on any atom is -0.353 e. The van der Waals surface area contributed by atoms with Crippen LogP contribution < -0.4 is 5.32 Å². The van der Waals surface area contributed by atoms with Crippen molar-refractivity contribution in [2.24, 2.45) is 0 Å². The maximum absolute atomic E-state index is 13.9. The Morgan fingerprint density at radius 1 is 1.09 bits per heavy atom. The van der Waals surface area contributed by atoms with Crippen LogP contribution >= 0.6 is 11.6 Å². The molecular weight excluding hydrogens is 466 g/mol. The molecule has 2 aliphatic rings. The molecule has 0 aliphatic carbocycles. The zero-order chi connectivity index (χ0) is 25.2. The van der Waals surface area contributed by atoms with Gasteiger partial charge in [0.25, 0.3) is 11.8 Å². The van der Waals surface area contributed by atoms with Crippen LogP contribution in [0.15, 0.2) is 48.5 Å². The summed E-state index contributed by atoms with van der Waals surface area (Å²) in [6.07, 6.45) is 1.64. The second kappa shape index (κ2) is 10.4. The van der Waals surface area contributed by atoms with Crippen LogP contribution in [0.2, 0.25) is 5.02 Å². The number of aryl methyl sites for hydroxylation is 1. The normalized spacial score (nSPS) is 20.1. The van der Waals surface area contributed by atoms with Gasteiger partial charge in [0.15, 0.2) is 0 Å². The summed E-state index contributed by atoms with van der Waals surface area (Å²) in [6, 6.07) is 13.5. The van der Waals surface area contributed by atoms with Crippen molar-refractivity contribution in [2.45, 2.75) is 57.8 Å². The standard InChI is InChI=1S/C27H32ClN3O4/c1-4-19(3)29-24(32)23-17-35-27(31(23)26(34)22-8-6-5-7-18(22)2)13-15-30(16-14-27)25(33)20-9-11-21(28)12-10-20/h5-12,19,23H,4,13-17H2,1-3H3,(H,29,32)/t19-,23-/m1/s1. The smallest absolute Gasteiger partial charge is 0.257 e. The highest BCUT2D eigenvalue weighted by Gasteiger charge is 2.54. The third-order valence-corrected chi connectivity index (χ3v) is 7.33. The number of halogens is 1. The average molecular weight is 498 g/mol. The molecule has 7 nitrogen and oxygen atoms in total. The maximum atomic E-state index is 13.9. The van der Waals surface area contributed by atoms with Gasteiger partial charge in [0, 0.05) is 48.1 Å². The molecule has 0 saturated carbocycles. The minimum atomic E-state index is -0.937. The molecular formula is C27H32ClN3O4. The number of ether oxygens (including phenoxy) is 1. The van der Waals surface area contributed by atoms with Crippen molar-refractivity contribution in [1.82, 2.24) is 15.1 Å². The summed E-state index contributed by atoms with van der Waals surface area (Å²) < 4.78 is 6.26. The molecule has 0 bridgehead atoms. The molecule has 0 aromatic heterocycles. The summed E-state index contributed by atoms with van der Waals surface area (Å²) in [7, 11) is 0. The van der Waals surface area contributed by atoms with E-state index in [4.69, 9.17) is 16.3 Å². The molecule has 2 aromatic carbocycles. The van der Waals surface area contributed by atoms with E-state index < -0.39 is 11.8 Å². The number of piperidine rings is 1. The zero-order valence-corrected chi connectivity index (χ0v) is 21.2. The monoisotopic (exact) mass is 497 g/mol. The SMILES string of the molecule is CC[C@@H](C)NC(=O)[C@H]1COC2(CCN(C(=O)c3ccc(Cl)cc3)CC2)N1C(=O)c1ccccc1C. The number of benzene rings is 2. The Balaban J connectivity index is 1.58. The van der Waals surface area contributed by atoms with E-state index in [0.717, 1.165) is 12.0 Å². The van der Waals surface area contributed by atoms with Crippen LogP contribution in [0, 0.1) is 6.92 Å². The molecule has 2 aliphatic heterocycles. The first-order valence-electron chi connectivity index (χ1n) is 12.1. The van der Waals surface area contributed by atoms with E-state index in [1.807, 2.05) is 39.0 Å². The Bertz CT molecular complexity index is 1100. The maximum Gasteiger partial charge on any atom is 0.257 e. The predicted molar refractivity (Wildman–Crippen MR) is 134 cm³/mol. The Labute approximate surface area is 211 Å². The molecule has 4 rings (SSSR count). The largest absolute Gasteiger partial charge is 0.353 e. The number of nitrogens with zero attached hydrogens (tertiary/aromatic N) is 2. The van der Waals surface area contributed by atoms with Crippen molar-refractivity contribution >= 4 is 29.3 Å². The first kappa shape index (κ1) is 25.2. The van der Waals surface area contributed by atoms with Gasteiger partial charge in [0.05, 0.1) is 6.61 Å². The lowest BCUT2D eigenvalue weighted by Crippen LogP contribution is -2.60. The van der Waals surface area contributed by atoms with E-state index in [-0.39, 0.29) is 30.4 Å². The van der Waals surface area contributed by atoms with E-state index in [1.165, 1.54) is 0 Å². The topological polar surface area (TPSA) is 79.0 Å². The summed E-state index contributed by atoms with van der Waals surface area (Å²) in [5.74, 6) is -0.516. The van der Waals surface area contributed by atoms with Gasteiger partial charge in [-0.2, -0.15) is 0 Å². The van der Waals surface area contributed by atoms with Crippen LogP contribution in [-0.2, 0) is 9.53 Å². The Kier molecular flexibility index (Phi) is 7.47. The van der Waals surface area contributed by atoms with E-state index in [1.54, 1.807) is 40.1 Å². The van der Waals surface area contributed by atoms with Crippen molar-refractivity contribution in [3.63, 3.8) is 0 Å². The zero-order valence-electron chi connectivity index (χ0n) is 20.4. The number of hydrogen-bond acceptors (Lipinski definition) is 4. The predicted octanol–water partition coefficient (Wildman–Crippen LogP) is 4.04. The number of rotatable bonds is 5. The molecule has 1 spiro atoms. The Hall–Kier alpha value is -2.90. The fourth-order valence-corrected chi connectivity index (χ4v) is 4.91. The van der Waals surface area contributed by atoms with Crippen molar-refractivity contribution in [1.29, 1.82) is 0 Å². The van der Waals surface area contributed by atoms with Gasteiger partial charge in [-0.25, -0.2) is 0 Å². The molecule has 0 radical (unpaired) electrons. The lowest BCUT2D eigenvalue weighted by Gasteiger charge is -2.44. The molecule has 2 atom stereocenters. The Morgan fingerprint density at radius 2 is 1.74 bits per heavy atom. The fourth-order valence-electron chi connectivity index (χ4n) is 4.78. The van der Waals surface area contributed by atoms with Crippen molar-refractivity contribution in [2.75, 3.05) is 19.7 Å². The van der Waals surface area contributed by atoms with Gasteiger partial charge >= 0.3 is 0 Å². The highest BCUT2D eigenvalue weighted by molar-refractivity contribution is 6.30. The summed E-state index contributed by atoms with van der Waals surface area (Å²) in [4.78, 5) is 43.5. The number of carbonyl (C=O) groups is 3. The molecule has 1 N–H and O–H groups in total. The van der Waals surface area contributed by atoms with Gasteiger partial charge < -0.3 is 15.0 Å². The minimum absolute atomic E-state index is 0.00620. The molecule has 2 aromatic rings. The highest BCUT2D eigenvalue weighted by Crippen LogP contribution is 2.39. The molecule has 3 amide bonds. The summed E-state index contributed by atoms with van der Waals surface area (Å²) in [5, 5.41) is 3.58. The first-order valence-corrected chi connectivity index (χ1v) is 12.5. The van der Waals surface area contributed by atoms with Gasteiger partial charge in [-0.3, -0.25) is 19.3 Å². The van der Waals surface area contributed by atoms with Gasteiger partial charge in [0.2, 0.25) is 5.91 Å². The lowest BCUT2D eigenvalue weighted by atomic mass is 9.95. The number of hydrogen-bond donors (Lipinski definition) is 1. The van der Waals surface area contributed by atoms with Gasteiger partial charge in [-0.1, -0.05) is 36.7 Å². The molecule has 35 heavy (non-hydrogen) atoms. The van der Waals surface area contributed by atoms with Gasteiger partial charge in [0.1, 0.15) is 11.8 Å². The van der Waals surface area contributed by atoms with Crippen molar-refractivity contribution in [3.8, 4) is 0 Å². The molecule has 186 valence electrons. The number of likely N-dealkylation sites (tertiary alicyclic amines) is 1. The summed E-state index contributed by atoms with van der Waals surface area (Å²) in [6.45, 7) is 6.79. The van der Waals surface area contributed by atoms with E-state index in [2.05, 4.69) is 5.32 Å². The van der Waals surface area contributed by atoms with Crippen LogP contribution in [0.1, 0.15) is 59.4 Å². The van der Waals surface area contributed by atoms with Crippen LogP contribution in [-0.4, -0.2) is 65.0 Å². The number of carbonyl (C=O) groups excluding carboxylic acids is 3. The second-order valence-electron chi connectivity index (χ2n) is 9.38. The van der Waals surface area contributed by atoms with Gasteiger partial charge in [-0.05, 0) is 56.2 Å². The lowest BCUT2D eigenvalue weighted by molar-refractivity contribution is -0.128. The highest BCUT2D eigenvalue weighted by atomic mass is 35.5. The van der Waals surface area contributed by atoms with Crippen molar-refractivity contribution < 1.29 is 19.1 Å². The fraction of sp³-hybridized carbons (Fsp3) is 0.444. The summed E-state index contributed by atoms with van der Waals surface area (Å²) in [5.41, 5.74) is 1.03. The first-order chi connectivity index (χ1) is 16.8. The third kappa shape index (κ3) is 5.07. The molecule has 2 saturated heterocycles. The van der Waals surface area contributed by atoms with Crippen LogP contribution in [0.25, 0.3) is 0 Å². The molecule has 0 unspecified atom stereocenters. The quantitative estimate of drug-likeness (QED) is 0.676. The second-order valence-corrected chi connectivity index (χ2v) is 9.82.